The molecule has 0 aliphatic carbocycles. The standard InChI is InChI=1S/C18H19ClN2O2/c1-2-13-4-3-5-16(12-13)21-17(22)10-11-20-18(23)14-6-8-15(19)9-7-14/h3-9,12H,2,10-11H2,1H3,(H,20,23)(H,21,22). The van der Waals surface area contributed by atoms with Crippen molar-refractivity contribution in [3.05, 3.63) is 64.7 Å². The van der Waals surface area contributed by atoms with Gasteiger partial charge in [-0.25, -0.2) is 0 Å². The molecule has 0 saturated heterocycles. The molecule has 0 aliphatic rings. The molecule has 0 aromatic heterocycles. The van der Waals surface area contributed by atoms with Gasteiger partial charge in [-0.3, -0.25) is 9.59 Å². The second-order valence-corrected chi connectivity index (χ2v) is 5.55. The summed E-state index contributed by atoms with van der Waals surface area (Å²) in [5.74, 6) is -0.350. The lowest BCUT2D eigenvalue weighted by Gasteiger charge is -2.08. The van der Waals surface area contributed by atoms with Gasteiger partial charge < -0.3 is 10.6 Å². The molecule has 23 heavy (non-hydrogen) atoms. The van der Waals surface area contributed by atoms with Crippen LogP contribution in [-0.4, -0.2) is 18.4 Å². The number of amides is 2. The molecule has 0 aliphatic heterocycles. The Morgan fingerprint density at radius 2 is 1.83 bits per heavy atom. The van der Waals surface area contributed by atoms with E-state index >= 15 is 0 Å². The van der Waals surface area contributed by atoms with Gasteiger partial charge in [0.25, 0.3) is 5.91 Å². The zero-order valence-electron chi connectivity index (χ0n) is 12.9. The van der Waals surface area contributed by atoms with Gasteiger partial charge in [0.15, 0.2) is 0 Å². The quantitative estimate of drug-likeness (QED) is 0.849. The third-order valence-electron chi connectivity index (χ3n) is 3.36. The average molecular weight is 331 g/mol. The molecule has 0 heterocycles. The molecule has 0 fully saturated rings. The minimum absolute atomic E-state index is 0.130. The summed E-state index contributed by atoms with van der Waals surface area (Å²) >= 11 is 5.78. The Balaban J connectivity index is 1.78. The van der Waals surface area contributed by atoms with Crippen LogP contribution in [0.2, 0.25) is 5.02 Å². The molecule has 0 saturated carbocycles. The van der Waals surface area contributed by atoms with Crippen LogP contribution in [0.25, 0.3) is 0 Å². The number of carbonyl (C=O) groups excluding carboxylic acids is 2. The lowest BCUT2D eigenvalue weighted by molar-refractivity contribution is -0.116. The molecular formula is C18H19ClN2O2. The first-order valence-corrected chi connectivity index (χ1v) is 7.89. The summed E-state index contributed by atoms with van der Waals surface area (Å²) in [6, 6.07) is 14.3. The van der Waals surface area contributed by atoms with Crippen molar-refractivity contribution < 1.29 is 9.59 Å². The van der Waals surface area contributed by atoms with Gasteiger partial charge in [0, 0.05) is 29.2 Å². The molecule has 2 aromatic rings. The molecular weight excluding hydrogens is 312 g/mol. The summed E-state index contributed by atoms with van der Waals surface area (Å²) in [6.07, 6.45) is 1.14. The Morgan fingerprint density at radius 3 is 2.52 bits per heavy atom. The number of benzene rings is 2. The second-order valence-electron chi connectivity index (χ2n) is 5.11. The van der Waals surface area contributed by atoms with E-state index in [2.05, 4.69) is 17.6 Å². The van der Waals surface area contributed by atoms with E-state index < -0.39 is 0 Å². The first kappa shape index (κ1) is 17.0. The normalized spacial score (nSPS) is 10.2. The fraction of sp³-hybridized carbons (Fsp3) is 0.222. The number of hydrogen-bond acceptors (Lipinski definition) is 2. The number of carbonyl (C=O) groups is 2. The van der Waals surface area contributed by atoms with Crippen LogP contribution in [0.15, 0.2) is 48.5 Å². The first-order valence-electron chi connectivity index (χ1n) is 7.51. The van der Waals surface area contributed by atoms with E-state index in [-0.39, 0.29) is 24.8 Å². The predicted octanol–water partition coefficient (Wildman–Crippen LogP) is 3.66. The number of anilines is 1. The smallest absolute Gasteiger partial charge is 0.251 e. The van der Waals surface area contributed by atoms with E-state index in [1.54, 1.807) is 24.3 Å². The highest BCUT2D eigenvalue weighted by atomic mass is 35.5. The lowest BCUT2D eigenvalue weighted by atomic mass is 10.1. The highest BCUT2D eigenvalue weighted by Crippen LogP contribution is 2.11. The molecule has 4 nitrogen and oxygen atoms in total. The first-order chi connectivity index (χ1) is 11.1. The average Bonchev–Trinajstić information content (AvgIpc) is 2.55. The van der Waals surface area contributed by atoms with Crippen LogP contribution in [-0.2, 0) is 11.2 Å². The maximum absolute atomic E-state index is 11.9. The molecule has 2 amide bonds. The van der Waals surface area contributed by atoms with Gasteiger partial charge in [-0.15, -0.1) is 0 Å². The Hall–Kier alpha value is -2.33. The summed E-state index contributed by atoms with van der Waals surface area (Å²) in [7, 11) is 0. The molecule has 0 spiro atoms. The van der Waals surface area contributed by atoms with Gasteiger partial charge in [0.1, 0.15) is 0 Å². The Morgan fingerprint density at radius 1 is 1.09 bits per heavy atom. The Bertz CT molecular complexity index is 684. The fourth-order valence-corrected chi connectivity index (χ4v) is 2.21. The van der Waals surface area contributed by atoms with Crippen molar-refractivity contribution in [3.8, 4) is 0 Å². The van der Waals surface area contributed by atoms with Crippen molar-refractivity contribution in [1.82, 2.24) is 5.32 Å². The van der Waals surface area contributed by atoms with Gasteiger partial charge >= 0.3 is 0 Å². The molecule has 2 aromatic carbocycles. The predicted molar refractivity (Wildman–Crippen MR) is 92.9 cm³/mol. The van der Waals surface area contributed by atoms with E-state index in [0.29, 0.717) is 10.6 Å². The molecule has 2 N–H and O–H groups in total. The minimum atomic E-state index is -0.220. The lowest BCUT2D eigenvalue weighted by Crippen LogP contribution is -2.27. The van der Waals surface area contributed by atoms with E-state index in [9.17, 15) is 9.59 Å². The fourth-order valence-electron chi connectivity index (χ4n) is 2.09. The van der Waals surface area contributed by atoms with Gasteiger partial charge in [-0.05, 0) is 48.4 Å². The number of nitrogens with one attached hydrogen (secondary N) is 2. The molecule has 2 rings (SSSR count). The summed E-state index contributed by atoms with van der Waals surface area (Å²) in [5, 5.41) is 6.12. The summed E-state index contributed by atoms with van der Waals surface area (Å²) in [4.78, 5) is 23.8. The summed E-state index contributed by atoms with van der Waals surface area (Å²) in [6.45, 7) is 2.34. The van der Waals surface area contributed by atoms with Crippen LogP contribution in [0.4, 0.5) is 5.69 Å². The number of aryl methyl sites for hydroxylation is 1. The molecule has 0 unspecified atom stereocenters. The highest BCUT2D eigenvalue weighted by Gasteiger charge is 2.07. The topological polar surface area (TPSA) is 58.2 Å². The van der Waals surface area contributed by atoms with E-state index in [1.807, 2.05) is 24.3 Å². The van der Waals surface area contributed by atoms with Crippen LogP contribution in [0, 0.1) is 0 Å². The zero-order chi connectivity index (χ0) is 16.7. The SMILES string of the molecule is CCc1cccc(NC(=O)CCNC(=O)c2ccc(Cl)cc2)c1. The second kappa shape index (κ2) is 8.34. The van der Waals surface area contributed by atoms with Crippen LogP contribution in [0.1, 0.15) is 29.3 Å². The maximum Gasteiger partial charge on any atom is 0.251 e. The molecule has 0 atom stereocenters. The van der Waals surface area contributed by atoms with Gasteiger partial charge in [0.05, 0.1) is 0 Å². The number of rotatable bonds is 6. The van der Waals surface area contributed by atoms with Crippen molar-refractivity contribution >= 4 is 29.1 Å². The number of hydrogen-bond donors (Lipinski definition) is 2. The monoisotopic (exact) mass is 330 g/mol. The molecule has 5 heteroatoms. The zero-order valence-corrected chi connectivity index (χ0v) is 13.7. The minimum Gasteiger partial charge on any atom is -0.352 e. The third kappa shape index (κ3) is 5.42. The highest BCUT2D eigenvalue weighted by molar-refractivity contribution is 6.30. The van der Waals surface area contributed by atoms with Crippen LogP contribution in [0.3, 0.4) is 0 Å². The van der Waals surface area contributed by atoms with Crippen LogP contribution < -0.4 is 10.6 Å². The van der Waals surface area contributed by atoms with Gasteiger partial charge in [-0.1, -0.05) is 30.7 Å². The molecule has 0 radical (unpaired) electrons. The van der Waals surface area contributed by atoms with Crippen molar-refractivity contribution in [2.45, 2.75) is 19.8 Å². The molecule has 0 bridgehead atoms. The summed E-state index contributed by atoms with van der Waals surface area (Å²) < 4.78 is 0. The van der Waals surface area contributed by atoms with Gasteiger partial charge in [-0.2, -0.15) is 0 Å². The third-order valence-corrected chi connectivity index (χ3v) is 3.61. The maximum atomic E-state index is 11.9. The van der Waals surface area contributed by atoms with Crippen molar-refractivity contribution in [2.24, 2.45) is 0 Å². The van der Waals surface area contributed by atoms with Crippen LogP contribution in [0.5, 0.6) is 0 Å². The van der Waals surface area contributed by atoms with E-state index in [1.165, 1.54) is 5.56 Å². The van der Waals surface area contributed by atoms with Gasteiger partial charge in [0.2, 0.25) is 5.91 Å². The molecule has 120 valence electrons. The Labute approximate surface area is 140 Å². The van der Waals surface area contributed by atoms with Crippen molar-refractivity contribution in [3.63, 3.8) is 0 Å². The summed E-state index contributed by atoms with van der Waals surface area (Å²) in [5.41, 5.74) is 2.46. The van der Waals surface area contributed by atoms with Crippen LogP contribution >= 0.6 is 11.6 Å². The van der Waals surface area contributed by atoms with Crippen molar-refractivity contribution in [1.29, 1.82) is 0 Å². The number of halogens is 1. The largest absolute Gasteiger partial charge is 0.352 e. The van der Waals surface area contributed by atoms with E-state index in [0.717, 1.165) is 12.1 Å². The Kier molecular flexibility index (Phi) is 6.18. The van der Waals surface area contributed by atoms with E-state index in [4.69, 9.17) is 11.6 Å². The van der Waals surface area contributed by atoms with Crippen molar-refractivity contribution in [2.75, 3.05) is 11.9 Å².